The molecule has 12 nitrogen and oxygen atoms in total. The average Bonchev–Trinajstić information content (AvgIpc) is 3.36. The van der Waals surface area contributed by atoms with E-state index in [1.807, 2.05) is 39.1 Å². The smallest absolute Gasteiger partial charge is 0.410 e. The van der Waals surface area contributed by atoms with Crippen molar-refractivity contribution in [2.75, 3.05) is 43.5 Å². The minimum absolute atomic E-state index is 0.0233. The molecule has 5 heterocycles. The first-order chi connectivity index (χ1) is 20.5. The lowest BCUT2D eigenvalue weighted by molar-refractivity contribution is 0.0199. The fraction of sp³-hybridized carbons (Fsp3) is 0.581. The van der Waals surface area contributed by atoms with Crippen molar-refractivity contribution in [2.45, 2.75) is 84.1 Å². The van der Waals surface area contributed by atoms with Crippen LogP contribution < -0.4 is 15.5 Å². The van der Waals surface area contributed by atoms with Crippen molar-refractivity contribution in [3.05, 3.63) is 36.3 Å². The third-order valence-corrected chi connectivity index (χ3v) is 7.96. The van der Waals surface area contributed by atoms with Gasteiger partial charge >= 0.3 is 6.09 Å². The molecule has 3 aromatic rings. The maximum absolute atomic E-state index is 13.5. The van der Waals surface area contributed by atoms with Gasteiger partial charge in [0.1, 0.15) is 17.2 Å². The predicted octanol–water partition coefficient (Wildman–Crippen LogP) is 4.90. The first-order valence-electron chi connectivity index (χ1n) is 15.2. The Hall–Kier alpha value is -3.93. The van der Waals surface area contributed by atoms with E-state index in [4.69, 9.17) is 14.5 Å². The zero-order chi connectivity index (χ0) is 30.7. The SMILES string of the molecule is COC1CCN(c2nccc(Nc3cc4c(cn3)c(C(=O)NC3CCN(C(=O)OC(C)(C)C)CC3)cn4C(C)C)n2)CC1. The summed E-state index contributed by atoms with van der Waals surface area (Å²) < 4.78 is 13.1. The summed E-state index contributed by atoms with van der Waals surface area (Å²) in [6, 6.07) is 3.89. The van der Waals surface area contributed by atoms with E-state index in [9.17, 15) is 9.59 Å². The van der Waals surface area contributed by atoms with Gasteiger partial charge in [0, 0.05) is 75.4 Å². The summed E-state index contributed by atoms with van der Waals surface area (Å²) in [6.07, 6.45) is 8.62. The van der Waals surface area contributed by atoms with Crippen LogP contribution in [-0.4, -0.2) is 87.5 Å². The Morgan fingerprint density at radius 1 is 1.02 bits per heavy atom. The number of carbonyl (C=O) groups is 2. The second-order valence-electron chi connectivity index (χ2n) is 12.6. The molecule has 2 amide bonds. The molecular formula is C31H44N8O4. The molecule has 0 radical (unpaired) electrons. The van der Waals surface area contributed by atoms with E-state index in [0.717, 1.165) is 36.8 Å². The number of hydrogen-bond donors (Lipinski definition) is 2. The van der Waals surface area contributed by atoms with Crippen LogP contribution in [0.25, 0.3) is 10.9 Å². The van der Waals surface area contributed by atoms with Gasteiger partial charge in [0.05, 0.1) is 17.2 Å². The zero-order valence-corrected chi connectivity index (χ0v) is 26.1. The van der Waals surface area contributed by atoms with Crippen LogP contribution in [-0.2, 0) is 9.47 Å². The summed E-state index contributed by atoms with van der Waals surface area (Å²) in [6.45, 7) is 12.5. The summed E-state index contributed by atoms with van der Waals surface area (Å²) in [5.74, 6) is 1.84. The second-order valence-corrected chi connectivity index (χ2v) is 12.6. The van der Waals surface area contributed by atoms with Crippen LogP contribution in [0.1, 0.15) is 76.7 Å². The molecule has 3 aromatic heterocycles. The van der Waals surface area contributed by atoms with Crippen molar-refractivity contribution in [3.63, 3.8) is 0 Å². The minimum atomic E-state index is -0.532. The van der Waals surface area contributed by atoms with Crippen molar-refractivity contribution in [1.29, 1.82) is 0 Å². The molecule has 2 aliphatic rings. The van der Waals surface area contributed by atoms with Crippen molar-refractivity contribution in [1.82, 2.24) is 29.7 Å². The number of piperidine rings is 2. The molecule has 2 N–H and O–H groups in total. The molecule has 12 heteroatoms. The van der Waals surface area contributed by atoms with Crippen molar-refractivity contribution in [2.24, 2.45) is 0 Å². The number of hydrogen-bond acceptors (Lipinski definition) is 9. The molecule has 2 aliphatic heterocycles. The summed E-state index contributed by atoms with van der Waals surface area (Å²) >= 11 is 0. The zero-order valence-electron chi connectivity index (χ0n) is 26.1. The normalized spacial score (nSPS) is 17.0. The Kier molecular flexibility index (Phi) is 9.05. The Labute approximate surface area is 253 Å². The van der Waals surface area contributed by atoms with E-state index in [1.54, 1.807) is 24.4 Å². The maximum atomic E-state index is 13.5. The van der Waals surface area contributed by atoms with Crippen LogP contribution in [0, 0.1) is 0 Å². The highest BCUT2D eigenvalue weighted by molar-refractivity contribution is 6.07. The highest BCUT2D eigenvalue weighted by atomic mass is 16.6. The number of nitrogens with one attached hydrogen (secondary N) is 2. The Balaban J connectivity index is 1.27. The lowest BCUT2D eigenvalue weighted by Crippen LogP contribution is -2.47. The van der Waals surface area contributed by atoms with Crippen LogP contribution in [0.4, 0.5) is 22.4 Å². The number of ether oxygens (including phenoxy) is 2. The molecule has 2 fully saturated rings. The van der Waals surface area contributed by atoms with Crippen molar-refractivity contribution >= 4 is 40.5 Å². The van der Waals surface area contributed by atoms with Gasteiger partial charge < -0.3 is 34.5 Å². The number of anilines is 3. The van der Waals surface area contributed by atoms with Gasteiger partial charge in [-0.05, 0) is 66.4 Å². The van der Waals surface area contributed by atoms with Crippen LogP contribution in [0.15, 0.2) is 30.7 Å². The van der Waals surface area contributed by atoms with Gasteiger partial charge in [-0.25, -0.2) is 14.8 Å². The monoisotopic (exact) mass is 592 g/mol. The van der Waals surface area contributed by atoms with E-state index in [0.29, 0.717) is 49.1 Å². The molecule has 232 valence electrons. The van der Waals surface area contributed by atoms with Gasteiger partial charge in [-0.15, -0.1) is 0 Å². The molecule has 0 atom stereocenters. The highest BCUT2D eigenvalue weighted by Crippen LogP contribution is 2.28. The number of likely N-dealkylation sites (tertiary alicyclic amines) is 1. The van der Waals surface area contributed by atoms with E-state index in [1.165, 1.54) is 0 Å². The number of amides is 2. The molecule has 0 aliphatic carbocycles. The molecular weight excluding hydrogens is 548 g/mol. The highest BCUT2D eigenvalue weighted by Gasteiger charge is 2.28. The fourth-order valence-corrected chi connectivity index (χ4v) is 5.61. The van der Waals surface area contributed by atoms with Crippen LogP contribution in [0.2, 0.25) is 0 Å². The fourth-order valence-electron chi connectivity index (χ4n) is 5.61. The van der Waals surface area contributed by atoms with E-state index in [-0.39, 0.29) is 30.2 Å². The number of aromatic nitrogens is 4. The molecule has 0 spiro atoms. The first kappa shape index (κ1) is 30.5. The number of pyridine rings is 1. The summed E-state index contributed by atoms with van der Waals surface area (Å²) in [5.41, 5.74) is 0.963. The van der Waals surface area contributed by atoms with Gasteiger partial charge in [0.15, 0.2) is 0 Å². The van der Waals surface area contributed by atoms with Gasteiger partial charge in [-0.2, -0.15) is 4.98 Å². The molecule has 5 rings (SSSR count). The average molecular weight is 593 g/mol. The van der Waals surface area contributed by atoms with E-state index in [2.05, 4.69) is 43.9 Å². The summed E-state index contributed by atoms with van der Waals surface area (Å²) in [5, 5.41) is 7.29. The van der Waals surface area contributed by atoms with E-state index >= 15 is 0 Å². The molecule has 0 aromatic carbocycles. The molecule has 0 bridgehead atoms. The van der Waals surface area contributed by atoms with Crippen LogP contribution >= 0.6 is 0 Å². The predicted molar refractivity (Wildman–Crippen MR) is 166 cm³/mol. The number of rotatable bonds is 7. The summed E-state index contributed by atoms with van der Waals surface area (Å²) in [7, 11) is 1.76. The third kappa shape index (κ3) is 7.35. The van der Waals surface area contributed by atoms with Gasteiger partial charge in [-0.1, -0.05) is 0 Å². The number of nitrogens with zero attached hydrogens (tertiary/aromatic N) is 6. The lowest BCUT2D eigenvalue weighted by atomic mass is 10.0. The number of fused-ring (bicyclic) bond motifs is 1. The standard InChI is InChI=1S/C31H44N8O4/c1-20(2)39-19-24(28(40)34-21-8-13-38(14-9-21)30(41)43-31(3,4)5)23-18-33-27(17-25(23)39)35-26-7-12-32-29(36-26)37-15-10-22(42-6)11-16-37/h7,12,17-22H,8-11,13-16H2,1-6H3,(H,34,40)(H,32,33,35,36). The second kappa shape index (κ2) is 12.7. The van der Waals surface area contributed by atoms with Crippen molar-refractivity contribution in [3.8, 4) is 0 Å². The number of carbonyl (C=O) groups excluding carboxylic acids is 2. The summed E-state index contributed by atoms with van der Waals surface area (Å²) in [4.78, 5) is 43.6. The van der Waals surface area contributed by atoms with Gasteiger partial charge in [-0.3, -0.25) is 4.79 Å². The Morgan fingerprint density at radius 3 is 2.40 bits per heavy atom. The lowest BCUT2D eigenvalue weighted by Gasteiger charge is -2.33. The Bertz CT molecular complexity index is 1430. The van der Waals surface area contributed by atoms with Crippen molar-refractivity contribution < 1.29 is 19.1 Å². The molecule has 2 saturated heterocycles. The number of methoxy groups -OCH3 is 1. The topological polar surface area (TPSA) is 127 Å². The molecule has 43 heavy (non-hydrogen) atoms. The first-order valence-corrected chi connectivity index (χ1v) is 15.2. The Morgan fingerprint density at radius 2 is 1.74 bits per heavy atom. The quantitative estimate of drug-likeness (QED) is 0.394. The minimum Gasteiger partial charge on any atom is -0.444 e. The van der Waals surface area contributed by atoms with Crippen LogP contribution in [0.3, 0.4) is 0 Å². The van der Waals surface area contributed by atoms with Gasteiger partial charge in [0.25, 0.3) is 5.91 Å². The third-order valence-electron chi connectivity index (χ3n) is 7.96. The largest absolute Gasteiger partial charge is 0.444 e. The molecule has 0 unspecified atom stereocenters. The molecule has 0 saturated carbocycles. The van der Waals surface area contributed by atoms with E-state index < -0.39 is 5.60 Å². The van der Waals surface area contributed by atoms with Crippen LogP contribution in [0.5, 0.6) is 0 Å². The van der Waals surface area contributed by atoms with Gasteiger partial charge in [0.2, 0.25) is 5.95 Å². The maximum Gasteiger partial charge on any atom is 0.410 e.